The van der Waals surface area contributed by atoms with Crippen LogP contribution in [-0.4, -0.2) is 36.4 Å². The number of anilines is 2. The number of nitrogens with one attached hydrogen (secondary N) is 3. The largest absolute Gasteiger partial charge is 0.588 e. The summed E-state index contributed by atoms with van der Waals surface area (Å²) in [7, 11) is 1.57. The van der Waals surface area contributed by atoms with Crippen molar-refractivity contribution in [1.82, 2.24) is 5.32 Å². The number of hydrogen-bond donors (Lipinski definition) is 3. The van der Waals surface area contributed by atoms with E-state index in [0.717, 1.165) is 22.4 Å². The first-order valence-corrected chi connectivity index (χ1v) is 12.5. The molecule has 1 amide bonds. The summed E-state index contributed by atoms with van der Waals surface area (Å²) in [6.07, 6.45) is -0.452. The van der Waals surface area contributed by atoms with Crippen molar-refractivity contribution in [3.63, 3.8) is 0 Å². The first-order chi connectivity index (χ1) is 16.7. The Labute approximate surface area is 210 Å². The van der Waals surface area contributed by atoms with Crippen LogP contribution in [0.25, 0.3) is 11.1 Å². The Balaban J connectivity index is 1.64. The fourth-order valence-corrected chi connectivity index (χ4v) is 4.45. The third kappa shape index (κ3) is 7.83. The number of ether oxygens (including phenoxy) is 2. The Morgan fingerprint density at radius 2 is 1.71 bits per heavy atom. The normalized spacial score (nSPS) is 11.9. The van der Waals surface area contributed by atoms with E-state index in [1.54, 1.807) is 7.11 Å². The number of benzene rings is 3. The standard InChI is InChI=1S/C27H33N3O4S/c1-19-9-6-7-12-23(19)20-13-14-24(33-5)25(17-20)35(32)30-22-11-8-10-21(18-22)28-15-16-29-26(31)34-27(2,3)4/h6-14,17-18,28,30H,15-16H2,1-5H3,(H,29,31). The van der Waals surface area contributed by atoms with Gasteiger partial charge < -0.3 is 24.7 Å². The summed E-state index contributed by atoms with van der Waals surface area (Å²) in [5.74, 6) is 0.552. The number of hydrogen-bond acceptors (Lipinski definition) is 6. The van der Waals surface area contributed by atoms with Crippen LogP contribution in [0, 0.1) is 6.92 Å². The summed E-state index contributed by atoms with van der Waals surface area (Å²) in [6.45, 7) is 8.43. The average molecular weight is 496 g/mol. The van der Waals surface area contributed by atoms with Crippen molar-refractivity contribution in [2.75, 3.05) is 30.2 Å². The Morgan fingerprint density at radius 3 is 2.43 bits per heavy atom. The van der Waals surface area contributed by atoms with E-state index in [9.17, 15) is 9.35 Å². The number of methoxy groups -OCH3 is 1. The maximum absolute atomic E-state index is 13.3. The molecule has 0 aliphatic rings. The second-order valence-corrected chi connectivity index (χ2v) is 10.2. The van der Waals surface area contributed by atoms with E-state index in [2.05, 4.69) is 28.3 Å². The Kier molecular flexibility index (Phi) is 8.89. The molecule has 35 heavy (non-hydrogen) atoms. The van der Waals surface area contributed by atoms with Gasteiger partial charge in [0.25, 0.3) is 0 Å². The van der Waals surface area contributed by atoms with Gasteiger partial charge in [-0.15, -0.1) is 0 Å². The minimum Gasteiger partial charge on any atom is -0.588 e. The number of carbonyl (C=O) groups excluding carboxylic acids is 1. The van der Waals surface area contributed by atoms with Crippen molar-refractivity contribution >= 4 is 28.8 Å². The van der Waals surface area contributed by atoms with E-state index in [4.69, 9.17) is 9.47 Å². The van der Waals surface area contributed by atoms with Crippen molar-refractivity contribution in [3.8, 4) is 16.9 Å². The van der Waals surface area contributed by atoms with Gasteiger partial charge in [-0.05, 0) is 68.7 Å². The van der Waals surface area contributed by atoms with Crippen LogP contribution in [0.1, 0.15) is 26.3 Å². The van der Waals surface area contributed by atoms with Gasteiger partial charge in [0.15, 0.2) is 5.75 Å². The van der Waals surface area contributed by atoms with Crippen LogP contribution in [-0.2, 0) is 16.1 Å². The van der Waals surface area contributed by atoms with Gasteiger partial charge in [0, 0.05) is 24.8 Å². The SMILES string of the molecule is COc1ccc(-c2ccccc2C)cc1[S+]([O-])Nc1cccc(NCCNC(=O)OC(C)(C)C)c1. The molecule has 1 unspecified atom stereocenters. The highest BCUT2D eigenvalue weighted by Crippen LogP contribution is 2.32. The highest BCUT2D eigenvalue weighted by molar-refractivity contribution is 7.92. The topological polar surface area (TPSA) is 94.7 Å². The smallest absolute Gasteiger partial charge is 0.407 e. The fourth-order valence-electron chi connectivity index (χ4n) is 3.43. The van der Waals surface area contributed by atoms with Crippen molar-refractivity contribution in [3.05, 3.63) is 72.3 Å². The van der Waals surface area contributed by atoms with Gasteiger partial charge in [-0.3, -0.25) is 0 Å². The highest BCUT2D eigenvalue weighted by atomic mass is 32.2. The molecule has 0 saturated carbocycles. The minimum absolute atomic E-state index is 0.404. The molecule has 186 valence electrons. The zero-order valence-corrected chi connectivity index (χ0v) is 21.6. The molecule has 3 N–H and O–H groups in total. The van der Waals surface area contributed by atoms with Crippen LogP contribution in [0.3, 0.4) is 0 Å². The maximum atomic E-state index is 13.3. The predicted molar refractivity (Wildman–Crippen MR) is 142 cm³/mol. The lowest BCUT2D eigenvalue weighted by atomic mass is 10.0. The molecule has 0 saturated heterocycles. The molecule has 0 aliphatic carbocycles. The zero-order chi connectivity index (χ0) is 25.4. The van der Waals surface area contributed by atoms with Crippen LogP contribution < -0.4 is 20.1 Å². The molecule has 8 heteroatoms. The number of aryl methyl sites for hydroxylation is 1. The summed E-state index contributed by atoms with van der Waals surface area (Å²) in [5.41, 5.74) is 4.19. The summed E-state index contributed by atoms with van der Waals surface area (Å²) in [4.78, 5) is 12.3. The van der Waals surface area contributed by atoms with Gasteiger partial charge in [0.2, 0.25) is 4.90 Å². The fraction of sp³-hybridized carbons (Fsp3) is 0.296. The lowest BCUT2D eigenvalue weighted by Crippen LogP contribution is -2.34. The van der Waals surface area contributed by atoms with Crippen molar-refractivity contribution < 1.29 is 18.8 Å². The van der Waals surface area contributed by atoms with E-state index < -0.39 is 23.1 Å². The van der Waals surface area contributed by atoms with E-state index in [0.29, 0.717) is 29.4 Å². The summed E-state index contributed by atoms with van der Waals surface area (Å²) < 4.78 is 27.0. The van der Waals surface area contributed by atoms with Gasteiger partial charge >= 0.3 is 6.09 Å². The molecular formula is C27H33N3O4S. The van der Waals surface area contributed by atoms with Crippen molar-refractivity contribution in [1.29, 1.82) is 0 Å². The van der Waals surface area contributed by atoms with Gasteiger partial charge in [-0.1, -0.05) is 36.4 Å². The first-order valence-electron chi connectivity index (χ1n) is 11.4. The molecule has 3 rings (SSSR count). The van der Waals surface area contributed by atoms with Crippen LogP contribution in [0.2, 0.25) is 0 Å². The molecule has 0 radical (unpaired) electrons. The zero-order valence-electron chi connectivity index (χ0n) is 20.8. The Bertz CT molecular complexity index is 1150. The van der Waals surface area contributed by atoms with Crippen molar-refractivity contribution in [2.45, 2.75) is 38.2 Å². The predicted octanol–water partition coefficient (Wildman–Crippen LogP) is 5.74. The van der Waals surface area contributed by atoms with Crippen molar-refractivity contribution in [2.24, 2.45) is 0 Å². The lowest BCUT2D eigenvalue weighted by molar-refractivity contribution is 0.0530. The average Bonchev–Trinajstić information content (AvgIpc) is 2.81. The highest BCUT2D eigenvalue weighted by Gasteiger charge is 2.20. The molecule has 0 heterocycles. The van der Waals surface area contributed by atoms with Crippen LogP contribution in [0.5, 0.6) is 5.75 Å². The molecule has 0 aromatic heterocycles. The molecule has 1 atom stereocenters. The van der Waals surface area contributed by atoms with E-state index in [1.165, 1.54) is 0 Å². The van der Waals surface area contributed by atoms with Crippen LogP contribution in [0.15, 0.2) is 71.6 Å². The Hall–Kier alpha value is -3.36. The molecule has 7 nitrogen and oxygen atoms in total. The number of alkyl carbamates (subject to hydrolysis) is 1. The summed E-state index contributed by atoms with van der Waals surface area (Å²) in [6, 6.07) is 21.3. The van der Waals surface area contributed by atoms with E-state index >= 15 is 0 Å². The first kappa shape index (κ1) is 26.2. The third-order valence-corrected chi connectivity index (χ3v) is 6.15. The quantitative estimate of drug-likeness (QED) is 0.259. The molecule has 3 aromatic carbocycles. The molecule has 0 bridgehead atoms. The molecule has 0 aliphatic heterocycles. The lowest BCUT2D eigenvalue weighted by Gasteiger charge is -2.19. The number of amides is 1. The second kappa shape index (κ2) is 11.9. The minimum atomic E-state index is -1.54. The van der Waals surface area contributed by atoms with Gasteiger partial charge in [0.05, 0.1) is 12.8 Å². The van der Waals surface area contributed by atoms with Crippen LogP contribution >= 0.6 is 0 Å². The Morgan fingerprint density at radius 1 is 0.971 bits per heavy atom. The van der Waals surface area contributed by atoms with E-state index in [-0.39, 0.29) is 0 Å². The third-order valence-electron chi connectivity index (χ3n) is 5.01. The summed E-state index contributed by atoms with van der Waals surface area (Å²) in [5, 5.41) is 5.95. The number of carbonyl (C=O) groups is 1. The molecule has 3 aromatic rings. The summed E-state index contributed by atoms with van der Waals surface area (Å²) >= 11 is -1.54. The second-order valence-electron chi connectivity index (χ2n) is 8.99. The molecule has 0 fully saturated rings. The monoisotopic (exact) mass is 495 g/mol. The van der Waals surface area contributed by atoms with Gasteiger partial charge in [-0.2, -0.15) is 0 Å². The molecule has 0 spiro atoms. The molecular weight excluding hydrogens is 462 g/mol. The number of rotatable bonds is 9. The van der Waals surface area contributed by atoms with Crippen LogP contribution in [0.4, 0.5) is 16.2 Å². The van der Waals surface area contributed by atoms with Gasteiger partial charge in [0.1, 0.15) is 17.0 Å². The van der Waals surface area contributed by atoms with E-state index in [1.807, 2.05) is 81.4 Å². The van der Waals surface area contributed by atoms with Gasteiger partial charge in [-0.25, -0.2) is 9.52 Å². The maximum Gasteiger partial charge on any atom is 0.407 e.